The van der Waals surface area contributed by atoms with Gasteiger partial charge in [0.1, 0.15) is 20.6 Å². The van der Waals surface area contributed by atoms with E-state index in [2.05, 4.69) is 41.8 Å². The molecule has 0 atom stereocenters. The normalized spacial score (nSPS) is 10.8. The molecule has 0 saturated heterocycles. The van der Waals surface area contributed by atoms with Crippen LogP contribution in [0.5, 0.6) is 0 Å². The molecule has 6 nitrogen and oxygen atoms in total. The number of aromatic nitrogens is 4. The molecule has 0 aliphatic heterocycles. The topological polar surface area (TPSA) is 69.8 Å². The van der Waals surface area contributed by atoms with Gasteiger partial charge in [-0.05, 0) is 31.9 Å². The second-order valence-corrected chi connectivity index (χ2v) is 5.69. The van der Waals surface area contributed by atoms with Gasteiger partial charge in [-0.15, -0.1) is 7.77 Å². The average molecular weight is 448 g/mol. The lowest BCUT2D eigenvalue weighted by Gasteiger charge is -2.03. The van der Waals surface area contributed by atoms with Crippen LogP contribution < -0.4 is 0 Å². The van der Waals surface area contributed by atoms with E-state index in [-0.39, 0.29) is 56.9 Å². The lowest BCUT2D eigenvalue weighted by atomic mass is 10.5. The van der Waals surface area contributed by atoms with Gasteiger partial charge in [-0.25, -0.2) is 17.9 Å². The number of nitrogens with zero attached hydrogens (tertiary/aromatic N) is 4. The van der Waals surface area contributed by atoms with Crippen molar-refractivity contribution in [2.75, 3.05) is 0 Å². The summed E-state index contributed by atoms with van der Waals surface area (Å²) in [4.78, 5) is 29.6. The van der Waals surface area contributed by atoms with E-state index in [9.17, 15) is 17.4 Å². The first-order chi connectivity index (χ1) is 9.58. The van der Waals surface area contributed by atoms with E-state index in [4.69, 9.17) is 0 Å². The van der Waals surface area contributed by atoms with Gasteiger partial charge in [0.25, 0.3) is 0 Å². The van der Waals surface area contributed by atoms with Crippen LogP contribution >= 0.6 is 56.5 Å². The van der Waals surface area contributed by atoms with Crippen LogP contribution in [0.2, 0.25) is 0 Å². The van der Waals surface area contributed by atoms with Crippen molar-refractivity contribution < 1.29 is 17.4 Å². The molecule has 2 rings (SSSR count). The van der Waals surface area contributed by atoms with Crippen molar-refractivity contribution in [2.45, 2.75) is 0 Å². The molecule has 0 aromatic carbocycles. The molecule has 0 fully saturated rings. The maximum atomic E-state index is 13.0. The highest BCUT2D eigenvalue weighted by atomic mass is 79.9. The number of hydrogen-bond acceptors (Lipinski definition) is 6. The minimum atomic E-state index is -0.292. The maximum absolute atomic E-state index is 13.0. The van der Waals surface area contributed by atoms with Gasteiger partial charge in [-0.2, -0.15) is 0 Å². The Hall–Kier alpha value is -0.720. The average Bonchev–Trinajstić information content (AvgIpc) is 2.94. The van der Waals surface area contributed by atoms with Crippen molar-refractivity contribution in [1.29, 1.82) is 0 Å². The molecule has 20 heavy (non-hydrogen) atoms. The van der Waals surface area contributed by atoms with E-state index in [0.717, 1.165) is 7.94 Å². The van der Waals surface area contributed by atoms with Gasteiger partial charge in [0.15, 0.2) is 48.9 Å². The van der Waals surface area contributed by atoms with Crippen LogP contribution in [0, 0.1) is 0 Å². The molecule has 2 aromatic rings. The van der Waals surface area contributed by atoms with Crippen LogP contribution in [0.1, 0.15) is 21.0 Å². The quantitative estimate of drug-likeness (QED) is 0.651. The van der Waals surface area contributed by atoms with Gasteiger partial charge in [-0.3, -0.25) is 9.59 Å². The minimum absolute atomic E-state index is 0.0785. The Balaban J connectivity index is 2.75. The minimum Gasteiger partial charge on any atom is -0.296 e. The fourth-order valence-electron chi connectivity index (χ4n) is 1.40. The van der Waals surface area contributed by atoms with E-state index >= 15 is 0 Å². The van der Waals surface area contributed by atoms with Crippen molar-refractivity contribution in [3.8, 4) is 11.6 Å². The first-order valence-corrected chi connectivity index (χ1v) is 7.57. The van der Waals surface area contributed by atoms with E-state index < -0.39 is 0 Å². The monoisotopic (exact) mass is 446 g/mol. The van der Waals surface area contributed by atoms with Crippen molar-refractivity contribution >= 4 is 69.1 Å². The SMILES string of the molecule is O=Cc1c(Br)nc(-c2nc(Br)c(C=O)n2SF)n1SF. The molecule has 2 heterocycles. The standard InChI is InChI=1S/C8H2Br2F2N4O2S2/c9-5-3(1-17)15(19-11)7(13-5)8-14-6(10)4(2-18)16(8)20-12/h1-2H. The van der Waals surface area contributed by atoms with Gasteiger partial charge in [0, 0.05) is 0 Å². The number of carbonyl (C=O) groups excluding carboxylic acids is 2. The third-order valence-electron chi connectivity index (χ3n) is 2.21. The zero-order chi connectivity index (χ0) is 14.9. The van der Waals surface area contributed by atoms with E-state index in [1.54, 1.807) is 0 Å². The largest absolute Gasteiger partial charge is 0.296 e. The molecular formula is C8H2Br2F2N4O2S2. The van der Waals surface area contributed by atoms with Gasteiger partial charge >= 0.3 is 0 Å². The number of aldehydes is 2. The highest BCUT2D eigenvalue weighted by Crippen LogP contribution is 2.33. The summed E-state index contributed by atoms with van der Waals surface area (Å²) in [5.74, 6) is -0.240. The van der Waals surface area contributed by atoms with Gasteiger partial charge in [-0.1, -0.05) is 0 Å². The number of halogens is 4. The number of imidazole rings is 2. The third-order valence-corrected chi connectivity index (χ3v) is 4.40. The van der Waals surface area contributed by atoms with Crippen molar-refractivity contribution in [3.05, 3.63) is 20.6 Å². The summed E-state index contributed by atoms with van der Waals surface area (Å²) in [7, 11) is 0. The van der Waals surface area contributed by atoms with Crippen LogP contribution in [0.15, 0.2) is 9.21 Å². The van der Waals surface area contributed by atoms with E-state index in [1.807, 2.05) is 0 Å². The highest BCUT2D eigenvalue weighted by molar-refractivity contribution is 9.10. The molecule has 0 N–H and O–H groups in total. The predicted molar refractivity (Wildman–Crippen MR) is 77.8 cm³/mol. The van der Waals surface area contributed by atoms with Crippen LogP contribution in [0.25, 0.3) is 11.6 Å². The fourth-order valence-corrected chi connectivity index (χ4v) is 3.30. The Kier molecular flexibility index (Phi) is 4.99. The lowest BCUT2D eigenvalue weighted by molar-refractivity contribution is 0.111. The maximum Gasteiger partial charge on any atom is 0.191 e. The molecule has 0 radical (unpaired) electrons. The molecule has 106 valence electrons. The summed E-state index contributed by atoms with van der Waals surface area (Å²) in [6.07, 6.45) is 0.775. The van der Waals surface area contributed by atoms with E-state index in [1.165, 1.54) is 0 Å². The molecule has 0 amide bonds. The molecular weight excluding hydrogens is 446 g/mol. The van der Waals surface area contributed by atoms with Gasteiger partial charge < -0.3 is 0 Å². The fraction of sp³-hybridized carbons (Fsp3) is 0. The summed E-state index contributed by atoms with van der Waals surface area (Å²) in [6, 6.07) is 0. The molecule has 0 aliphatic rings. The summed E-state index contributed by atoms with van der Waals surface area (Å²) in [6.45, 7) is 0. The molecule has 0 bridgehead atoms. The third kappa shape index (κ3) is 2.44. The van der Waals surface area contributed by atoms with E-state index in [0.29, 0.717) is 12.6 Å². The van der Waals surface area contributed by atoms with Crippen molar-refractivity contribution in [1.82, 2.24) is 17.9 Å². The Labute approximate surface area is 136 Å². The molecule has 0 saturated carbocycles. The Morgan fingerprint density at radius 2 is 1.25 bits per heavy atom. The Morgan fingerprint density at radius 3 is 1.50 bits per heavy atom. The number of rotatable bonds is 5. The molecule has 2 aromatic heterocycles. The van der Waals surface area contributed by atoms with Crippen molar-refractivity contribution in [2.24, 2.45) is 0 Å². The second kappa shape index (κ2) is 6.37. The number of carbonyl (C=O) groups is 2. The van der Waals surface area contributed by atoms with Crippen LogP contribution in [0.4, 0.5) is 7.77 Å². The zero-order valence-corrected chi connectivity index (χ0v) is 13.9. The van der Waals surface area contributed by atoms with Crippen LogP contribution in [0.3, 0.4) is 0 Å². The zero-order valence-electron chi connectivity index (χ0n) is 9.09. The smallest absolute Gasteiger partial charge is 0.191 e. The molecule has 0 unspecified atom stereocenters. The Bertz CT molecular complexity index is 632. The van der Waals surface area contributed by atoms with Gasteiger partial charge in [0.2, 0.25) is 0 Å². The first-order valence-electron chi connectivity index (χ1n) is 4.64. The molecule has 12 heteroatoms. The number of hydrogen-bond donors (Lipinski definition) is 0. The van der Waals surface area contributed by atoms with Gasteiger partial charge in [0.05, 0.1) is 0 Å². The summed E-state index contributed by atoms with van der Waals surface area (Å²) < 4.78 is 27.8. The Morgan fingerprint density at radius 1 is 0.900 bits per heavy atom. The summed E-state index contributed by atoms with van der Waals surface area (Å²) in [5, 5.41) is 0. The second-order valence-electron chi connectivity index (χ2n) is 3.19. The predicted octanol–water partition coefficient (Wildman–Crippen LogP) is 3.66. The summed E-state index contributed by atoms with van der Waals surface area (Å²) in [5.41, 5.74) is -0.177. The molecule has 0 spiro atoms. The summed E-state index contributed by atoms with van der Waals surface area (Å²) >= 11 is 5.40. The van der Waals surface area contributed by atoms with Crippen molar-refractivity contribution in [3.63, 3.8) is 0 Å². The van der Waals surface area contributed by atoms with Crippen LogP contribution in [-0.2, 0) is 0 Å². The first kappa shape index (κ1) is 15.7. The van der Waals surface area contributed by atoms with Crippen LogP contribution in [-0.4, -0.2) is 30.5 Å². The highest BCUT2D eigenvalue weighted by Gasteiger charge is 2.25. The lowest BCUT2D eigenvalue weighted by Crippen LogP contribution is -2.00. The molecule has 0 aliphatic carbocycles.